The number of piperidine rings is 1. The average molecular weight is 232 g/mol. The second-order valence-corrected chi connectivity index (χ2v) is 4.90. The minimum atomic E-state index is -0.0640. The van der Waals surface area contributed by atoms with E-state index in [1.165, 1.54) is 0 Å². The molecule has 0 spiro atoms. The smallest absolute Gasteiger partial charge is 0.251 e. The van der Waals surface area contributed by atoms with E-state index in [1.54, 1.807) is 0 Å². The Morgan fingerprint density at radius 2 is 1.88 bits per heavy atom. The van der Waals surface area contributed by atoms with Crippen LogP contribution in [-0.2, 0) is 6.42 Å². The number of hydrogen-bond donors (Lipinski definition) is 2. The first-order valence-corrected chi connectivity index (χ1v) is 6.25. The molecule has 0 aromatic carbocycles. The highest BCUT2D eigenvalue weighted by Gasteiger charge is 2.25. The summed E-state index contributed by atoms with van der Waals surface area (Å²) in [6.07, 6.45) is 3.34. The second kappa shape index (κ2) is 4.11. The molecule has 1 aliphatic carbocycles. The fourth-order valence-corrected chi connectivity index (χ4v) is 2.85. The van der Waals surface area contributed by atoms with Crippen molar-refractivity contribution < 1.29 is 4.79 Å². The van der Waals surface area contributed by atoms with Crippen molar-refractivity contribution in [3.63, 3.8) is 0 Å². The lowest BCUT2D eigenvalue weighted by Gasteiger charge is -2.22. The molecule has 2 heterocycles. The van der Waals surface area contributed by atoms with Crippen molar-refractivity contribution in [3.8, 4) is 0 Å². The van der Waals surface area contributed by atoms with E-state index in [0.29, 0.717) is 18.0 Å². The molecule has 17 heavy (non-hydrogen) atoms. The van der Waals surface area contributed by atoms with E-state index >= 15 is 0 Å². The molecule has 1 aliphatic heterocycles. The molecule has 0 bridgehead atoms. The van der Waals surface area contributed by atoms with E-state index in [2.05, 4.69) is 10.3 Å². The van der Waals surface area contributed by atoms with E-state index in [-0.39, 0.29) is 11.3 Å². The lowest BCUT2D eigenvalue weighted by Crippen LogP contribution is -2.30. The Labute approximate surface area is 99.4 Å². The fraction of sp³-hybridized carbons (Fsp3) is 0.538. The average Bonchev–Trinajstić information content (AvgIpc) is 2.71. The van der Waals surface area contributed by atoms with Gasteiger partial charge < -0.3 is 10.3 Å². The maximum atomic E-state index is 12.0. The largest absolute Gasteiger partial charge is 0.319 e. The van der Waals surface area contributed by atoms with Gasteiger partial charge in [-0.25, -0.2) is 0 Å². The molecule has 4 heteroatoms. The highest BCUT2D eigenvalue weighted by Crippen LogP contribution is 2.26. The van der Waals surface area contributed by atoms with Crippen molar-refractivity contribution in [1.29, 1.82) is 0 Å². The van der Waals surface area contributed by atoms with Crippen LogP contribution in [0.2, 0.25) is 0 Å². The minimum Gasteiger partial charge on any atom is -0.319 e. The fourth-order valence-electron chi connectivity index (χ4n) is 2.85. The zero-order valence-corrected chi connectivity index (χ0v) is 9.71. The molecule has 1 saturated heterocycles. The predicted octanol–water partition coefficient (Wildman–Crippen LogP) is 0.971. The van der Waals surface area contributed by atoms with Crippen LogP contribution in [0.25, 0.3) is 0 Å². The number of H-pyrrole nitrogens is 1. The number of Topliss-reactive ketones (excluding diaryl/α,β-unsaturated/α-hetero) is 1. The zero-order valence-electron chi connectivity index (χ0n) is 9.71. The van der Waals surface area contributed by atoms with Gasteiger partial charge in [-0.2, -0.15) is 0 Å². The van der Waals surface area contributed by atoms with Gasteiger partial charge in [0.05, 0.1) is 5.69 Å². The summed E-state index contributed by atoms with van der Waals surface area (Å²) in [5.41, 5.74) is 2.39. The molecular weight excluding hydrogens is 216 g/mol. The summed E-state index contributed by atoms with van der Waals surface area (Å²) in [4.78, 5) is 26.3. The molecule has 4 nitrogen and oxygen atoms in total. The summed E-state index contributed by atoms with van der Waals surface area (Å²) in [6, 6.07) is 1.97. The molecule has 0 amide bonds. The van der Waals surface area contributed by atoms with Crippen molar-refractivity contribution in [1.82, 2.24) is 10.3 Å². The Morgan fingerprint density at radius 1 is 1.12 bits per heavy atom. The Balaban J connectivity index is 2.01. The normalized spacial score (nSPS) is 20.6. The van der Waals surface area contributed by atoms with Gasteiger partial charge in [0, 0.05) is 12.0 Å². The van der Waals surface area contributed by atoms with E-state index in [0.717, 1.165) is 43.5 Å². The SMILES string of the molecule is O=C1CCc2cc(C3CCNCC3)c(=O)[nH]c21. The van der Waals surface area contributed by atoms with Crippen molar-refractivity contribution in [2.24, 2.45) is 0 Å². The first-order chi connectivity index (χ1) is 8.25. The van der Waals surface area contributed by atoms with E-state index in [1.807, 2.05) is 6.07 Å². The maximum absolute atomic E-state index is 12.0. The minimum absolute atomic E-state index is 0.0640. The number of carbonyl (C=O) groups excluding carboxylic acids is 1. The molecule has 2 aliphatic rings. The molecule has 0 saturated carbocycles. The van der Waals surface area contributed by atoms with Crippen LogP contribution in [0, 0.1) is 0 Å². The summed E-state index contributed by atoms with van der Waals surface area (Å²) in [7, 11) is 0. The number of nitrogens with one attached hydrogen (secondary N) is 2. The number of ketones is 1. The summed E-state index contributed by atoms with van der Waals surface area (Å²) >= 11 is 0. The quantitative estimate of drug-likeness (QED) is 0.758. The van der Waals surface area contributed by atoms with Gasteiger partial charge in [0.15, 0.2) is 5.78 Å². The van der Waals surface area contributed by atoms with E-state index in [9.17, 15) is 9.59 Å². The Morgan fingerprint density at radius 3 is 2.65 bits per heavy atom. The lowest BCUT2D eigenvalue weighted by molar-refractivity contribution is 0.0990. The van der Waals surface area contributed by atoms with Gasteiger partial charge in [-0.1, -0.05) is 0 Å². The third-order valence-electron chi connectivity index (χ3n) is 3.83. The number of aromatic amines is 1. The molecule has 1 fully saturated rings. The molecule has 0 unspecified atom stereocenters. The van der Waals surface area contributed by atoms with Crippen LogP contribution >= 0.6 is 0 Å². The second-order valence-electron chi connectivity index (χ2n) is 4.90. The number of aromatic nitrogens is 1. The number of hydrogen-bond acceptors (Lipinski definition) is 3. The predicted molar refractivity (Wildman–Crippen MR) is 64.6 cm³/mol. The molecule has 0 atom stereocenters. The molecule has 0 radical (unpaired) electrons. The first kappa shape index (κ1) is 10.7. The van der Waals surface area contributed by atoms with E-state index in [4.69, 9.17) is 0 Å². The topological polar surface area (TPSA) is 62.0 Å². The highest BCUT2D eigenvalue weighted by molar-refractivity contribution is 5.98. The van der Waals surface area contributed by atoms with Gasteiger partial charge in [-0.3, -0.25) is 9.59 Å². The number of aryl methyl sites for hydroxylation is 1. The van der Waals surface area contributed by atoms with Gasteiger partial charge >= 0.3 is 0 Å². The molecule has 1 aromatic heterocycles. The van der Waals surface area contributed by atoms with Gasteiger partial charge in [0.25, 0.3) is 5.56 Å². The molecular formula is C13H16N2O2. The van der Waals surface area contributed by atoms with E-state index < -0.39 is 0 Å². The van der Waals surface area contributed by atoms with Crippen molar-refractivity contribution in [3.05, 3.63) is 33.2 Å². The van der Waals surface area contributed by atoms with Crippen molar-refractivity contribution in [2.75, 3.05) is 13.1 Å². The first-order valence-electron chi connectivity index (χ1n) is 6.25. The van der Waals surface area contributed by atoms with Crippen LogP contribution < -0.4 is 10.9 Å². The summed E-state index contributed by atoms with van der Waals surface area (Å²) < 4.78 is 0. The number of fused-ring (bicyclic) bond motifs is 1. The van der Waals surface area contributed by atoms with Gasteiger partial charge in [-0.05, 0) is 49.9 Å². The van der Waals surface area contributed by atoms with Crippen molar-refractivity contribution >= 4 is 5.78 Å². The molecule has 3 rings (SSSR count). The third-order valence-corrected chi connectivity index (χ3v) is 3.83. The number of carbonyl (C=O) groups is 1. The maximum Gasteiger partial charge on any atom is 0.251 e. The monoisotopic (exact) mass is 232 g/mol. The van der Waals surface area contributed by atoms with Crippen LogP contribution in [0.4, 0.5) is 0 Å². The summed E-state index contributed by atoms with van der Waals surface area (Å²) in [6.45, 7) is 1.94. The van der Waals surface area contributed by atoms with Crippen LogP contribution in [0.15, 0.2) is 10.9 Å². The van der Waals surface area contributed by atoms with Crippen molar-refractivity contribution in [2.45, 2.75) is 31.6 Å². The number of rotatable bonds is 1. The third kappa shape index (κ3) is 1.82. The Kier molecular flexibility index (Phi) is 2.59. The zero-order chi connectivity index (χ0) is 11.8. The lowest BCUT2D eigenvalue weighted by atomic mass is 9.90. The Hall–Kier alpha value is -1.42. The number of pyridine rings is 1. The van der Waals surface area contributed by atoms with Crippen LogP contribution in [-0.4, -0.2) is 23.9 Å². The Bertz CT molecular complexity index is 513. The molecule has 2 N–H and O–H groups in total. The highest BCUT2D eigenvalue weighted by atomic mass is 16.1. The summed E-state index contributed by atoms with van der Waals surface area (Å²) in [5.74, 6) is 0.426. The van der Waals surface area contributed by atoms with Gasteiger partial charge in [-0.15, -0.1) is 0 Å². The van der Waals surface area contributed by atoms with Gasteiger partial charge in [0.2, 0.25) is 0 Å². The molecule has 1 aromatic rings. The van der Waals surface area contributed by atoms with Crippen LogP contribution in [0.3, 0.4) is 0 Å². The standard InChI is InChI=1S/C13H16N2O2/c16-11-2-1-9-7-10(13(17)15-12(9)11)8-3-5-14-6-4-8/h7-8,14H,1-6H2,(H,15,17). The van der Waals surface area contributed by atoms with Crippen LogP contribution in [0.1, 0.15) is 46.8 Å². The van der Waals surface area contributed by atoms with Crippen LogP contribution in [0.5, 0.6) is 0 Å². The summed E-state index contributed by atoms with van der Waals surface area (Å²) in [5, 5.41) is 3.30. The molecule has 90 valence electrons. The van der Waals surface area contributed by atoms with Gasteiger partial charge in [0.1, 0.15) is 0 Å².